The van der Waals surface area contributed by atoms with Crippen LogP contribution < -0.4 is 0 Å². The smallest absolute Gasteiger partial charge is 0.356 e. The Hall–Kier alpha value is -1.32. The van der Waals surface area contributed by atoms with Crippen molar-refractivity contribution in [3.8, 4) is 0 Å². The number of rotatable bonds is 9. The lowest BCUT2D eigenvalue weighted by atomic mass is 10.0. The highest BCUT2D eigenvalue weighted by Gasteiger charge is 2.12. The Morgan fingerprint density at radius 3 is 2.53 bits per heavy atom. The molecule has 0 saturated heterocycles. The van der Waals surface area contributed by atoms with Crippen molar-refractivity contribution in [2.24, 2.45) is 0 Å². The number of carbonyl (C=O) groups is 1. The third kappa shape index (κ3) is 5.02. The zero-order valence-electron chi connectivity index (χ0n) is 10.5. The van der Waals surface area contributed by atoms with E-state index in [1.165, 1.54) is 38.5 Å². The Labute approximate surface area is 102 Å². The summed E-state index contributed by atoms with van der Waals surface area (Å²) in [5.41, 5.74) is 1.00. The molecule has 4 heteroatoms. The topological polar surface area (TPSA) is 66.0 Å². The highest BCUT2D eigenvalue weighted by Crippen LogP contribution is 2.12. The molecule has 4 nitrogen and oxygen atoms in total. The molecule has 0 amide bonds. The summed E-state index contributed by atoms with van der Waals surface area (Å²) < 4.78 is 0. The van der Waals surface area contributed by atoms with Crippen LogP contribution in [0.25, 0.3) is 0 Å². The van der Waals surface area contributed by atoms with Crippen molar-refractivity contribution >= 4 is 5.97 Å². The molecule has 1 heterocycles. The van der Waals surface area contributed by atoms with Gasteiger partial charge in [-0.3, -0.25) is 5.10 Å². The molecule has 0 aliphatic rings. The second-order valence-corrected chi connectivity index (χ2v) is 4.44. The predicted molar refractivity (Wildman–Crippen MR) is 67.2 cm³/mol. The summed E-state index contributed by atoms with van der Waals surface area (Å²) in [6.45, 7) is 2.21. The molecule has 0 aliphatic heterocycles. The average Bonchev–Trinajstić information content (AvgIpc) is 2.76. The van der Waals surface area contributed by atoms with Gasteiger partial charge in [0.15, 0.2) is 5.69 Å². The lowest BCUT2D eigenvalue weighted by Gasteiger charge is -2.01. The van der Waals surface area contributed by atoms with Gasteiger partial charge in [0, 0.05) is 11.8 Å². The van der Waals surface area contributed by atoms with Crippen molar-refractivity contribution in [2.75, 3.05) is 0 Å². The summed E-state index contributed by atoms with van der Waals surface area (Å²) >= 11 is 0. The molecule has 1 aromatic heterocycles. The van der Waals surface area contributed by atoms with Gasteiger partial charge in [-0.1, -0.05) is 45.4 Å². The van der Waals surface area contributed by atoms with E-state index in [4.69, 9.17) is 5.11 Å². The third-order valence-corrected chi connectivity index (χ3v) is 2.97. The van der Waals surface area contributed by atoms with Crippen LogP contribution >= 0.6 is 0 Å². The summed E-state index contributed by atoms with van der Waals surface area (Å²) in [5.74, 6) is -0.941. The van der Waals surface area contributed by atoms with Crippen LogP contribution in [0.1, 0.15) is 67.9 Å². The van der Waals surface area contributed by atoms with E-state index in [1.807, 2.05) is 0 Å². The first-order chi connectivity index (χ1) is 8.25. The lowest BCUT2D eigenvalue weighted by Crippen LogP contribution is -2.01. The normalized spacial score (nSPS) is 10.6. The largest absolute Gasteiger partial charge is 0.476 e. The molecule has 96 valence electrons. The molecule has 2 N–H and O–H groups in total. The van der Waals surface area contributed by atoms with Gasteiger partial charge in [0.05, 0.1) is 0 Å². The van der Waals surface area contributed by atoms with Crippen molar-refractivity contribution in [1.29, 1.82) is 0 Å². The predicted octanol–water partition coefficient (Wildman–Crippen LogP) is 3.40. The first-order valence-corrected chi connectivity index (χ1v) is 6.51. The van der Waals surface area contributed by atoms with Gasteiger partial charge < -0.3 is 5.11 Å². The van der Waals surface area contributed by atoms with Crippen LogP contribution in [0.2, 0.25) is 0 Å². The number of hydrogen-bond acceptors (Lipinski definition) is 2. The summed E-state index contributed by atoms with van der Waals surface area (Å²) in [6, 6.07) is 0. The fourth-order valence-corrected chi connectivity index (χ4v) is 1.96. The molecule has 1 rings (SSSR count). The third-order valence-electron chi connectivity index (χ3n) is 2.97. The molecule has 0 unspecified atom stereocenters. The van der Waals surface area contributed by atoms with E-state index in [2.05, 4.69) is 17.1 Å². The number of nitrogens with one attached hydrogen (secondary N) is 1. The minimum atomic E-state index is -0.941. The molecule has 17 heavy (non-hydrogen) atoms. The minimum absolute atomic E-state index is 0.177. The standard InChI is InChI=1S/C13H22N2O2/c1-2-3-4-5-6-7-8-9-11-10-14-15-12(11)13(16)17/h10H,2-9H2,1H3,(H,14,15)(H,16,17). The van der Waals surface area contributed by atoms with E-state index < -0.39 is 5.97 Å². The zero-order chi connectivity index (χ0) is 12.5. The first kappa shape index (κ1) is 13.7. The van der Waals surface area contributed by atoms with Crippen LogP contribution in [-0.2, 0) is 6.42 Å². The number of aromatic nitrogens is 2. The molecule has 0 aromatic carbocycles. The second kappa shape index (κ2) is 7.87. The van der Waals surface area contributed by atoms with Crippen molar-refractivity contribution in [1.82, 2.24) is 10.2 Å². The molecule has 0 atom stereocenters. The minimum Gasteiger partial charge on any atom is -0.476 e. The van der Waals surface area contributed by atoms with Gasteiger partial charge in [-0.05, 0) is 12.8 Å². The Morgan fingerprint density at radius 2 is 1.88 bits per heavy atom. The molecular formula is C13H22N2O2. The maximum atomic E-state index is 10.8. The monoisotopic (exact) mass is 238 g/mol. The Morgan fingerprint density at radius 1 is 1.24 bits per heavy atom. The molecule has 0 fully saturated rings. The molecular weight excluding hydrogens is 216 g/mol. The van der Waals surface area contributed by atoms with E-state index in [9.17, 15) is 4.79 Å². The van der Waals surface area contributed by atoms with Gasteiger partial charge in [-0.15, -0.1) is 0 Å². The fourth-order valence-electron chi connectivity index (χ4n) is 1.96. The number of unbranched alkanes of at least 4 members (excludes halogenated alkanes) is 6. The second-order valence-electron chi connectivity index (χ2n) is 4.44. The first-order valence-electron chi connectivity index (χ1n) is 6.51. The van der Waals surface area contributed by atoms with E-state index in [0.29, 0.717) is 0 Å². The van der Waals surface area contributed by atoms with Crippen LogP contribution in [0, 0.1) is 0 Å². The Bertz CT molecular complexity index is 334. The van der Waals surface area contributed by atoms with Gasteiger partial charge >= 0.3 is 5.97 Å². The lowest BCUT2D eigenvalue weighted by molar-refractivity contribution is 0.0689. The van der Waals surface area contributed by atoms with Crippen LogP contribution in [0.15, 0.2) is 6.20 Å². The van der Waals surface area contributed by atoms with Crippen molar-refractivity contribution < 1.29 is 9.90 Å². The average molecular weight is 238 g/mol. The van der Waals surface area contributed by atoms with E-state index in [-0.39, 0.29) is 5.69 Å². The molecule has 0 radical (unpaired) electrons. The summed E-state index contributed by atoms with van der Waals surface area (Å²) in [7, 11) is 0. The van der Waals surface area contributed by atoms with Gasteiger partial charge in [-0.25, -0.2) is 4.79 Å². The number of aromatic amines is 1. The van der Waals surface area contributed by atoms with Gasteiger partial charge in [0.25, 0.3) is 0 Å². The maximum Gasteiger partial charge on any atom is 0.356 e. The number of carboxylic acid groups (broad SMARTS) is 1. The fraction of sp³-hybridized carbons (Fsp3) is 0.692. The molecule has 0 bridgehead atoms. The number of aromatic carboxylic acids is 1. The van der Waals surface area contributed by atoms with Crippen molar-refractivity contribution in [3.05, 3.63) is 17.5 Å². The van der Waals surface area contributed by atoms with Gasteiger partial charge in [0.1, 0.15) is 0 Å². The summed E-state index contributed by atoms with van der Waals surface area (Å²) in [4.78, 5) is 10.8. The Balaban J connectivity index is 2.14. The number of aryl methyl sites for hydroxylation is 1. The number of H-pyrrole nitrogens is 1. The van der Waals surface area contributed by atoms with Crippen molar-refractivity contribution in [2.45, 2.75) is 58.3 Å². The summed E-state index contributed by atoms with van der Waals surface area (Å²) in [5, 5.41) is 15.2. The van der Waals surface area contributed by atoms with Crippen molar-refractivity contribution in [3.63, 3.8) is 0 Å². The van der Waals surface area contributed by atoms with Crippen LogP contribution in [0.3, 0.4) is 0 Å². The van der Waals surface area contributed by atoms with E-state index >= 15 is 0 Å². The van der Waals surface area contributed by atoms with Crippen LogP contribution in [0.4, 0.5) is 0 Å². The van der Waals surface area contributed by atoms with E-state index in [0.717, 1.165) is 18.4 Å². The Kier molecular flexibility index (Phi) is 6.37. The molecule has 0 spiro atoms. The number of hydrogen-bond donors (Lipinski definition) is 2. The zero-order valence-corrected chi connectivity index (χ0v) is 10.5. The van der Waals surface area contributed by atoms with E-state index in [1.54, 1.807) is 6.20 Å². The summed E-state index contributed by atoms with van der Waals surface area (Å²) in [6.07, 6.45) is 11.2. The van der Waals surface area contributed by atoms with Crippen LogP contribution in [-0.4, -0.2) is 21.3 Å². The van der Waals surface area contributed by atoms with Gasteiger partial charge in [0.2, 0.25) is 0 Å². The highest BCUT2D eigenvalue weighted by atomic mass is 16.4. The molecule has 0 saturated carbocycles. The molecule has 1 aromatic rings. The quantitative estimate of drug-likeness (QED) is 0.648. The maximum absolute atomic E-state index is 10.8. The van der Waals surface area contributed by atoms with Crippen LogP contribution in [0.5, 0.6) is 0 Å². The number of nitrogens with zero attached hydrogens (tertiary/aromatic N) is 1. The SMILES string of the molecule is CCCCCCCCCc1c[nH]nc1C(=O)O. The highest BCUT2D eigenvalue weighted by molar-refractivity contribution is 5.86. The molecule has 0 aliphatic carbocycles. The number of carboxylic acids is 1. The van der Waals surface area contributed by atoms with Gasteiger partial charge in [-0.2, -0.15) is 5.10 Å².